The fraction of sp³-hybridized carbons (Fsp3) is 0.294. The lowest BCUT2D eigenvalue weighted by molar-refractivity contribution is 0.702. The van der Waals surface area contributed by atoms with Gasteiger partial charge in [0.1, 0.15) is 0 Å². The summed E-state index contributed by atoms with van der Waals surface area (Å²) in [5.74, 6) is 1.15. The molecule has 0 amide bonds. The summed E-state index contributed by atoms with van der Waals surface area (Å²) < 4.78 is 0. The minimum absolute atomic E-state index is 0.792. The molecule has 1 aliphatic carbocycles. The van der Waals surface area contributed by atoms with E-state index in [0.29, 0.717) is 0 Å². The molecule has 2 aromatic carbocycles. The summed E-state index contributed by atoms with van der Waals surface area (Å²) in [4.78, 5) is 0. The van der Waals surface area contributed by atoms with Crippen molar-refractivity contribution in [2.75, 3.05) is 0 Å². The number of hydrogen-bond donors (Lipinski definition) is 0. The SMILES string of the molecule is c1ccc(CSC2CCc3ccccc3C2)cc1. The molecular weight excluding hydrogens is 236 g/mol. The van der Waals surface area contributed by atoms with Gasteiger partial charge in [0.25, 0.3) is 0 Å². The van der Waals surface area contributed by atoms with Gasteiger partial charge in [-0.25, -0.2) is 0 Å². The Balaban J connectivity index is 1.60. The van der Waals surface area contributed by atoms with Gasteiger partial charge >= 0.3 is 0 Å². The van der Waals surface area contributed by atoms with E-state index in [9.17, 15) is 0 Å². The molecule has 2 aromatic rings. The van der Waals surface area contributed by atoms with Crippen molar-refractivity contribution in [1.82, 2.24) is 0 Å². The first-order valence-corrected chi connectivity index (χ1v) is 7.69. The van der Waals surface area contributed by atoms with Crippen LogP contribution in [-0.2, 0) is 18.6 Å². The highest BCUT2D eigenvalue weighted by molar-refractivity contribution is 7.99. The fourth-order valence-corrected chi connectivity index (χ4v) is 3.80. The monoisotopic (exact) mass is 254 g/mol. The van der Waals surface area contributed by atoms with Gasteiger partial charge in [0.05, 0.1) is 0 Å². The summed E-state index contributed by atoms with van der Waals surface area (Å²) in [6.07, 6.45) is 3.82. The predicted octanol–water partition coefficient (Wildman–Crippen LogP) is 4.48. The lowest BCUT2D eigenvalue weighted by Crippen LogP contribution is -2.16. The van der Waals surface area contributed by atoms with Crippen LogP contribution >= 0.6 is 11.8 Å². The van der Waals surface area contributed by atoms with Crippen molar-refractivity contribution < 1.29 is 0 Å². The summed E-state index contributed by atoms with van der Waals surface area (Å²) in [6, 6.07) is 19.7. The van der Waals surface area contributed by atoms with Crippen molar-refractivity contribution in [1.29, 1.82) is 0 Å². The predicted molar refractivity (Wildman–Crippen MR) is 80.0 cm³/mol. The number of aryl methyl sites for hydroxylation is 1. The summed E-state index contributed by atoms with van der Waals surface area (Å²) in [7, 11) is 0. The molecule has 0 aromatic heterocycles. The molecule has 3 rings (SSSR count). The van der Waals surface area contributed by atoms with E-state index in [-0.39, 0.29) is 0 Å². The van der Waals surface area contributed by atoms with Gasteiger partial charge in [0.2, 0.25) is 0 Å². The highest BCUT2D eigenvalue weighted by Crippen LogP contribution is 2.30. The van der Waals surface area contributed by atoms with Gasteiger partial charge in [-0.3, -0.25) is 0 Å². The third kappa shape index (κ3) is 2.78. The average molecular weight is 254 g/mol. The summed E-state index contributed by atoms with van der Waals surface area (Å²) in [5.41, 5.74) is 4.57. The smallest absolute Gasteiger partial charge is 0.0187 e. The second kappa shape index (κ2) is 5.62. The zero-order chi connectivity index (χ0) is 12.2. The van der Waals surface area contributed by atoms with Gasteiger partial charge in [-0.15, -0.1) is 0 Å². The maximum Gasteiger partial charge on any atom is 0.0187 e. The van der Waals surface area contributed by atoms with Crippen molar-refractivity contribution >= 4 is 11.8 Å². The van der Waals surface area contributed by atoms with Gasteiger partial charge in [-0.1, -0.05) is 54.6 Å². The van der Waals surface area contributed by atoms with Gasteiger partial charge < -0.3 is 0 Å². The van der Waals surface area contributed by atoms with E-state index in [4.69, 9.17) is 0 Å². The largest absolute Gasteiger partial charge is 0.153 e. The van der Waals surface area contributed by atoms with Crippen LogP contribution in [0.3, 0.4) is 0 Å². The number of benzene rings is 2. The van der Waals surface area contributed by atoms with Gasteiger partial charge in [0, 0.05) is 11.0 Å². The molecule has 0 fully saturated rings. The maximum atomic E-state index is 2.30. The topological polar surface area (TPSA) is 0 Å². The molecular formula is C17H18S. The Bertz CT molecular complexity index is 504. The van der Waals surface area contributed by atoms with Crippen LogP contribution in [0.1, 0.15) is 23.1 Å². The Morgan fingerprint density at radius 2 is 1.61 bits per heavy atom. The minimum atomic E-state index is 0.792. The molecule has 0 spiro atoms. The molecule has 0 saturated carbocycles. The first-order valence-electron chi connectivity index (χ1n) is 6.64. The molecule has 1 aliphatic rings. The van der Waals surface area contributed by atoms with Crippen LogP contribution in [0, 0.1) is 0 Å². The second-order valence-corrected chi connectivity index (χ2v) is 6.22. The fourth-order valence-electron chi connectivity index (χ4n) is 2.59. The zero-order valence-electron chi connectivity index (χ0n) is 10.5. The first-order chi connectivity index (χ1) is 8.92. The van der Waals surface area contributed by atoms with Crippen molar-refractivity contribution in [3.63, 3.8) is 0 Å². The summed E-state index contributed by atoms with van der Waals surface area (Å²) in [5, 5.41) is 0.792. The van der Waals surface area contributed by atoms with Gasteiger partial charge in [0.15, 0.2) is 0 Å². The normalized spacial score (nSPS) is 18.3. The molecule has 0 heterocycles. The van der Waals surface area contributed by atoms with E-state index in [1.54, 1.807) is 11.1 Å². The molecule has 0 radical (unpaired) electrons. The second-order valence-electron chi connectivity index (χ2n) is 4.93. The van der Waals surface area contributed by atoms with E-state index in [0.717, 1.165) is 11.0 Å². The highest BCUT2D eigenvalue weighted by Gasteiger charge is 2.18. The van der Waals surface area contributed by atoms with Crippen LogP contribution < -0.4 is 0 Å². The van der Waals surface area contributed by atoms with Crippen LogP contribution in [-0.4, -0.2) is 5.25 Å². The molecule has 0 bridgehead atoms. The van der Waals surface area contributed by atoms with Gasteiger partial charge in [-0.05, 0) is 36.0 Å². The molecule has 1 unspecified atom stereocenters. The minimum Gasteiger partial charge on any atom is -0.153 e. The van der Waals surface area contributed by atoms with Crippen molar-refractivity contribution in [3.8, 4) is 0 Å². The maximum absolute atomic E-state index is 2.30. The quantitative estimate of drug-likeness (QED) is 0.778. The van der Waals surface area contributed by atoms with Crippen molar-refractivity contribution in [3.05, 3.63) is 71.3 Å². The molecule has 0 saturated heterocycles. The Morgan fingerprint density at radius 1 is 0.889 bits per heavy atom. The lowest BCUT2D eigenvalue weighted by atomic mass is 9.92. The van der Waals surface area contributed by atoms with Crippen LogP contribution in [0.15, 0.2) is 54.6 Å². The molecule has 1 atom stereocenters. The molecule has 0 nitrogen and oxygen atoms in total. The molecule has 1 heteroatoms. The van der Waals surface area contributed by atoms with E-state index < -0.39 is 0 Å². The van der Waals surface area contributed by atoms with Crippen LogP contribution in [0.25, 0.3) is 0 Å². The highest BCUT2D eigenvalue weighted by atomic mass is 32.2. The molecule has 92 valence electrons. The van der Waals surface area contributed by atoms with Crippen LogP contribution in [0.2, 0.25) is 0 Å². The van der Waals surface area contributed by atoms with Crippen LogP contribution in [0.4, 0.5) is 0 Å². The third-order valence-electron chi connectivity index (χ3n) is 3.63. The summed E-state index contributed by atoms with van der Waals surface area (Å²) >= 11 is 2.11. The number of hydrogen-bond acceptors (Lipinski definition) is 1. The lowest BCUT2D eigenvalue weighted by Gasteiger charge is -2.24. The average Bonchev–Trinajstić information content (AvgIpc) is 2.46. The molecule has 0 aliphatic heterocycles. The standard InChI is InChI=1S/C17H18S/c1-2-6-14(7-3-1)13-18-17-11-10-15-8-4-5-9-16(15)12-17/h1-9,17H,10-13H2. The molecule has 18 heavy (non-hydrogen) atoms. The zero-order valence-corrected chi connectivity index (χ0v) is 11.3. The Labute approximate surface area is 113 Å². The number of rotatable bonds is 3. The van der Waals surface area contributed by atoms with Crippen molar-refractivity contribution in [2.45, 2.75) is 30.3 Å². The van der Waals surface area contributed by atoms with E-state index in [1.807, 2.05) is 0 Å². The number of fused-ring (bicyclic) bond motifs is 1. The van der Waals surface area contributed by atoms with E-state index in [1.165, 1.54) is 24.8 Å². The molecule has 0 N–H and O–H groups in total. The van der Waals surface area contributed by atoms with E-state index >= 15 is 0 Å². The van der Waals surface area contributed by atoms with Gasteiger partial charge in [-0.2, -0.15) is 11.8 Å². The van der Waals surface area contributed by atoms with Crippen LogP contribution in [0.5, 0.6) is 0 Å². The third-order valence-corrected chi connectivity index (χ3v) is 5.00. The first kappa shape index (κ1) is 11.9. The summed E-state index contributed by atoms with van der Waals surface area (Å²) in [6.45, 7) is 0. The Hall–Kier alpha value is -1.21. The van der Waals surface area contributed by atoms with E-state index in [2.05, 4.69) is 66.4 Å². The van der Waals surface area contributed by atoms with Crippen molar-refractivity contribution in [2.24, 2.45) is 0 Å². The Morgan fingerprint density at radius 3 is 2.44 bits per heavy atom. The number of thioether (sulfide) groups is 1. The Kier molecular flexibility index (Phi) is 3.70.